The van der Waals surface area contributed by atoms with E-state index in [0.717, 1.165) is 18.5 Å². The van der Waals surface area contributed by atoms with Gasteiger partial charge in [-0.2, -0.15) is 9.97 Å². The van der Waals surface area contributed by atoms with Gasteiger partial charge >= 0.3 is 6.01 Å². The molecule has 0 bridgehead atoms. The van der Waals surface area contributed by atoms with Gasteiger partial charge < -0.3 is 20.7 Å². The Balaban J connectivity index is 1.52. The van der Waals surface area contributed by atoms with Crippen LogP contribution in [-0.2, 0) is 17.9 Å². The first-order valence-electron chi connectivity index (χ1n) is 11.1. The highest BCUT2D eigenvalue weighted by Gasteiger charge is 2.27. The van der Waals surface area contributed by atoms with Gasteiger partial charge in [-0.1, -0.05) is 37.0 Å². The van der Waals surface area contributed by atoms with E-state index in [2.05, 4.69) is 59.2 Å². The number of carbonyl (C=O) groups excluding carboxylic acids is 1. The third-order valence-electron chi connectivity index (χ3n) is 5.69. The third kappa shape index (κ3) is 5.47. The summed E-state index contributed by atoms with van der Waals surface area (Å²) in [4.78, 5) is 25.5. The van der Waals surface area contributed by atoms with Crippen molar-refractivity contribution in [2.45, 2.75) is 45.1 Å². The number of rotatable bonds is 8. The summed E-state index contributed by atoms with van der Waals surface area (Å²) in [6.45, 7) is 6.75. The largest absolute Gasteiger partial charge is 0.463 e. The van der Waals surface area contributed by atoms with Gasteiger partial charge in [0.2, 0.25) is 5.91 Å². The summed E-state index contributed by atoms with van der Waals surface area (Å²) >= 11 is 0. The minimum absolute atomic E-state index is 0.121. The molecule has 3 N–H and O–H groups in total. The molecule has 1 saturated heterocycles. The van der Waals surface area contributed by atoms with Crippen LogP contribution in [0.25, 0.3) is 0 Å². The van der Waals surface area contributed by atoms with Gasteiger partial charge in [-0.25, -0.2) is 0 Å². The minimum Gasteiger partial charge on any atom is -0.463 e. The van der Waals surface area contributed by atoms with Crippen molar-refractivity contribution in [2.24, 2.45) is 0 Å². The first kappa shape index (κ1) is 21.4. The number of ether oxygens (including phenoxy) is 1. The summed E-state index contributed by atoms with van der Waals surface area (Å²) in [5, 5.41) is 2.81. The zero-order valence-corrected chi connectivity index (χ0v) is 18.4. The Morgan fingerprint density at radius 2 is 1.97 bits per heavy atom. The number of benzene rings is 1. The lowest BCUT2D eigenvalue weighted by molar-refractivity contribution is -0.115. The summed E-state index contributed by atoms with van der Waals surface area (Å²) in [6, 6.07) is 8.81. The van der Waals surface area contributed by atoms with Crippen LogP contribution in [0.5, 0.6) is 6.01 Å². The quantitative estimate of drug-likeness (QED) is 0.627. The van der Waals surface area contributed by atoms with Gasteiger partial charge in [0.25, 0.3) is 0 Å². The van der Waals surface area contributed by atoms with Gasteiger partial charge in [0.1, 0.15) is 13.5 Å². The number of aromatic nitrogens is 2. The van der Waals surface area contributed by atoms with Crippen LogP contribution in [0.15, 0.2) is 24.3 Å². The summed E-state index contributed by atoms with van der Waals surface area (Å²) in [6.07, 6.45) is 3.47. The Morgan fingerprint density at radius 3 is 2.71 bits per heavy atom. The molecular weight excluding hydrogens is 391 g/mol. The van der Waals surface area contributed by atoms with Crippen LogP contribution in [0.2, 0.25) is 5.82 Å². The third-order valence-corrected chi connectivity index (χ3v) is 5.69. The highest BCUT2D eigenvalue weighted by Crippen LogP contribution is 2.34. The summed E-state index contributed by atoms with van der Waals surface area (Å²) in [5.74, 6) is 1.24. The number of amides is 1. The molecule has 0 radical (unpaired) electrons. The fraction of sp³-hybridized carbons (Fsp3) is 0.500. The van der Waals surface area contributed by atoms with Crippen LogP contribution in [-0.4, -0.2) is 54.9 Å². The van der Waals surface area contributed by atoms with Gasteiger partial charge in [-0.15, -0.1) is 0 Å². The van der Waals surface area contributed by atoms with Gasteiger partial charge in [0, 0.05) is 13.1 Å². The van der Waals surface area contributed by atoms with Crippen molar-refractivity contribution in [2.75, 3.05) is 42.2 Å². The molecule has 1 amide bonds. The number of nitrogen functional groups attached to an aromatic ring is 1. The molecule has 1 atom stereocenters. The lowest BCUT2D eigenvalue weighted by atomic mass is 9.87. The molecule has 0 aliphatic carbocycles. The fourth-order valence-corrected chi connectivity index (χ4v) is 4.05. The molecule has 2 aliphatic heterocycles. The van der Waals surface area contributed by atoms with Crippen LogP contribution in [0.1, 0.15) is 37.3 Å². The highest BCUT2D eigenvalue weighted by molar-refractivity contribution is 6.11. The highest BCUT2D eigenvalue weighted by atomic mass is 16.5. The zero-order chi connectivity index (χ0) is 21.8. The molecule has 4 rings (SSSR count). The van der Waals surface area contributed by atoms with Crippen molar-refractivity contribution < 1.29 is 9.53 Å². The van der Waals surface area contributed by atoms with Crippen molar-refractivity contribution in [1.29, 1.82) is 0 Å². The standard InChI is InChI=1S/C22H31BN6O2/c1-15(23)7-10-31-22-26-20(24)19-21(27-22)29(14-18(30)25-19)13-17-6-4-5-16(11-17)12-28-8-2-3-9-28/h4-6,11,15H,2-3,7-10,12-14,23H2,1H3,(H,25,30)(H2,24,26,27)/t15-/m1/s1. The van der Waals surface area contributed by atoms with E-state index >= 15 is 0 Å². The zero-order valence-electron chi connectivity index (χ0n) is 18.4. The van der Waals surface area contributed by atoms with Crippen molar-refractivity contribution in [1.82, 2.24) is 14.9 Å². The van der Waals surface area contributed by atoms with E-state index in [4.69, 9.17) is 10.5 Å². The molecule has 8 nitrogen and oxygen atoms in total. The van der Waals surface area contributed by atoms with Crippen LogP contribution in [0.4, 0.5) is 17.3 Å². The second kappa shape index (κ2) is 9.55. The average molecular weight is 422 g/mol. The molecule has 1 aromatic heterocycles. The molecule has 0 spiro atoms. The van der Waals surface area contributed by atoms with E-state index < -0.39 is 0 Å². The Kier molecular flexibility index (Phi) is 6.60. The molecule has 31 heavy (non-hydrogen) atoms. The molecule has 0 saturated carbocycles. The number of nitrogens with zero attached hydrogens (tertiary/aromatic N) is 4. The molecule has 1 aromatic carbocycles. The summed E-state index contributed by atoms with van der Waals surface area (Å²) in [7, 11) is 2.14. The van der Waals surface area contributed by atoms with Crippen molar-refractivity contribution in [3.63, 3.8) is 0 Å². The molecule has 9 heteroatoms. The van der Waals surface area contributed by atoms with E-state index in [-0.39, 0.29) is 24.3 Å². The number of fused-ring (bicyclic) bond motifs is 1. The van der Waals surface area contributed by atoms with Gasteiger partial charge in [0.15, 0.2) is 11.6 Å². The fourth-order valence-electron chi connectivity index (χ4n) is 4.05. The number of likely N-dealkylation sites (tertiary alicyclic amines) is 1. The average Bonchev–Trinajstić information content (AvgIpc) is 3.22. The second-order valence-electron chi connectivity index (χ2n) is 8.83. The number of carbonyl (C=O) groups is 1. The monoisotopic (exact) mass is 422 g/mol. The van der Waals surface area contributed by atoms with Crippen molar-refractivity contribution in [3.8, 4) is 6.01 Å². The molecule has 164 valence electrons. The Hall–Kier alpha value is -2.81. The van der Waals surface area contributed by atoms with Crippen LogP contribution in [0, 0.1) is 0 Å². The van der Waals surface area contributed by atoms with Gasteiger partial charge in [-0.3, -0.25) is 9.69 Å². The maximum absolute atomic E-state index is 12.3. The normalized spacial score (nSPS) is 17.3. The maximum Gasteiger partial charge on any atom is 0.320 e. The van der Waals surface area contributed by atoms with Gasteiger partial charge in [0.05, 0.1) is 13.2 Å². The van der Waals surface area contributed by atoms with E-state index in [9.17, 15) is 4.79 Å². The smallest absolute Gasteiger partial charge is 0.320 e. The number of anilines is 3. The molecular formula is C22H31BN6O2. The van der Waals surface area contributed by atoms with Crippen LogP contribution in [0.3, 0.4) is 0 Å². The number of nitrogens with two attached hydrogens (primary N) is 1. The Morgan fingerprint density at radius 1 is 1.23 bits per heavy atom. The van der Waals surface area contributed by atoms with Crippen LogP contribution < -0.4 is 20.7 Å². The predicted octanol–water partition coefficient (Wildman–Crippen LogP) is 1.82. The van der Waals surface area contributed by atoms with Crippen molar-refractivity contribution in [3.05, 3.63) is 35.4 Å². The van der Waals surface area contributed by atoms with Crippen LogP contribution >= 0.6 is 0 Å². The second-order valence-corrected chi connectivity index (χ2v) is 8.83. The van der Waals surface area contributed by atoms with E-state index in [1.807, 2.05) is 4.90 Å². The number of hydrogen-bond donors (Lipinski definition) is 2. The minimum atomic E-state index is -0.121. The van der Waals surface area contributed by atoms with E-state index in [1.54, 1.807) is 0 Å². The Labute approximate surface area is 184 Å². The number of hydrogen-bond acceptors (Lipinski definition) is 7. The van der Waals surface area contributed by atoms with E-state index in [0.29, 0.717) is 30.5 Å². The van der Waals surface area contributed by atoms with E-state index in [1.165, 1.54) is 31.5 Å². The first-order valence-corrected chi connectivity index (χ1v) is 11.1. The Bertz CT molecular complexity index is 932. The summed E-state index contributed by atoms with van der Waals surface area (Å²) < 4.78 is 5.74. The molecule has 2 aromatic rings. The van der Waals surface area contributed by atoms with Crippen molar-refractivity contribution >= 4 is 31.1 Å². The molecule has 0 unspecified atom stereocenters. The topological polar surface area (TPSA) is 96.6 Å². The molecule has 1 fully saturated rings. The lowest BCUT2D eigenvalue weighted by Gasteiger charge is -2.30. The summed E-state index contributed by atoms with van der Waals surface area (Å²) in [5.41, 5.74) is 9.02. The molecule has 3 heterocycles. The van der Waals surface area contributed by atoms with Gasteiger partial charge in [-0.05, 0) is 43.5 Å². The SMILES string of the molecule is B[C@H](C)CCOc1nc(N)c2c(n1)N(Cc1cccc(CN3CCCC3)c1)CC(=O)N2. The maximum atomic E-state index is 12.3. The lowest BCUT2D eigenvalue weighted by Crippen LogP contribution is -2.39. The number of nitrogens with one attached hydrogen (secondary N) is 1. The predicted molar refractivity (Wildman–Crippen MR) is 125 cm³/mol. The molecule has 2 aliphatic rings. The first-order chi connectivity index (χ1) is 15.0.